The average molecular weight is 267 g/mol. The molecule has 0 spiro atoms. The van der Waals surface area contributed by atoms with Crippen LogP contribution in [-0.2, 0) is 22.6 Å². The third-order valence-electron chi connectivity index (χ3n) is 3.09. The van der Waals surface area contributed by atoms with Gasteiger partial charge in [0.05, 0.1) is 18.9 Å². The molecule has 0 bridgehead atoms. The molecule has 108 valence electrons. The summed E-state index contributed by atoms with van der Waals surface area (Å²) in [6.07, 6.45) is 1.81. The van der Waals surface area contributed by atoms with E-state index >= 15 is 0 Å². The van der Waals surface area contributed by atoms with Gasteiger partial charge in [0.1, 0.15) is 0 Å². The second kappa shape index (κ2) is 8.98. The summed E-state index contributed by atoms with van der Waals surface area (Å²) in [6.45, 7) is 5.77. The van der Waals surface area contributed by atoms with E-state index in [2.05, 4.69) is 22.9 Å². The predicted molar refractivity (Wildman–Crippen MR) is 75.8 cm³/mol. The quantitative estimate of drug-likeness (QED) is 0.724. The molecule has 0 amide bonds. The first-order chi connectivity index (χ1) is 9.21. The van der Waals surface area contributed by atoms with Crippen LogP contribution in [0, 0.1) is 0 Å². The molecule has 19 heavy (non-hydrogen) atoms. The summed E-state index contributed by atoms with van der Waals surface area (Å²) in [5.74, 6) is 0. The van der Waals surface area contributed by atoms with E-state index in [1.54, 1.807) is 14.2 Å². The van der Waals surface area contributed by atoms with Crippen LogP contribution in [0.3, 0.4) is 0 Å². The van der Waals surface area contributed by atoms with Crippen molar-refractivity contribution in [2.45, 2.75) is 26.1 Å². The van der Waals surface area contributed by atoms with Gasteiger partial charge in [-0.25, -0.2) is 0 Å². The van der Waals surface area contributed by atoms with Gasteiger partial charge in [-0.1, -0.05) is 0 Å². The highest BCUT2D eigenvalue weighted by Gasteiger charge is 2.14. The topological polar surface area (TPSA) is 60.6 Å². The molecule has 1 heterocycles. The lowest BCUT2D eigenvalue weighted by atomic mass is 10.2. The van der Waals surface area contributed by atoms with E-state index in [1.165, 1.54) is 5.56 Å². The highest BCUT2D eigenvalue weighted by Crippen LogP contribution is 2.09. The Kier molecular flexibility index (Phi) is 7.59. The molecule has 0 fully saturated rings. The maximum atomic E-state index is 5.62. The van der Waals surface area contributed by atoms with Gasteiger partial charge in [-0.05, 0) is 24.6 Å². The Morgan fingerprint density at radius 1 is 1.37 bits per heavy atom. The van der Waals surface area contributed by atoms with Gasteiger partial charge in [-0.3, -0.25) is 9.88 Å². The van der Waals surface area contributed by atoms with Crippen molar-refractivity contribution in [3.05, 3.63) is 29.6 Å². The number of ether oxygens (including phenoxy) is 2. The molecule has 5 heteroatoms. The van der Waals surface area contributed by atoms with E-state index in [1.807, 2.05) is 12.3 Å². The molecule has 0 aromatic carbocycles. The van der Waals surface area contributed by atoms with Crippen LogP contribution in [0.2, 0.25) is 0 Å². The number of methoxy groups -OCH3 is 2. The van der Waals surface area contributed by atoms with Gasteiger partial charge in [0.15, 0.2) is 0 Å². The lowest BCUT2D eigenvalue weighted by Gasteiger charge is -2.28. The Morgan fingerprint density at radius 3 is 2.79 bits per heavy atom. The fourth-order valence-corrected chi connectivity index (χ4v) is 1.98. The number of aromatic nitrogens is 1. The Labute approximate surface area is 115 Å². The van der Waals surface area contributed by atoms with Gasteiger partial charge in [0.25, 0.3) is 0 Å². The number of rotatable bonds is 9. The average Bonchev–Trinajstić information content (AvgIpc) is 2.43. The number of pyridine rings is 1. The van der Waals surface area contributed by atoms with Gasteiger partial charge in [0.2, 0.25) is 0 Å². The van der Waals surface area contributed by atoms with Gasteiger partial charge in [0, 0.05) is 46.1 Å². The monoisotopic (exact) mass is 267 g/mol. The molecule has 1 unspecified atom stereocenters. The molecule has 0 saturated heterocycles. The highest BCUT2D eigenvalue weighted by molar-refractivity contribution is 5.16. The third-order valence-corrected chi connectivity index (χ3v) is 3.09. The third kappa shape index (κ3) is 5.65. The molecule has 0 radical (unpaired) electrons. The van der Waals surface area contributed by atoms with Gasteiger partial charge < -0.3 is 15.2 Å². The Bertz CT molecular complexity index is 360. The summed E-state index contributed by atoms with van der Waals surface area (Å²) in [4.78, 5) is 6.55. The van der Waals surface area contributed by atoms with Crippen molar-refractivity contribution in [3.63, 3.8) is 0 Å². The molecular formula is C14H25N3O2. The normalized spacial score (nSPS) is 12.9. The first kappa shape index (κ1) is 16.0. The van der Waals surface area contributed by atoms with Crippen LogP contribution in [0.4, 0.5) is 0 Å². The van der Waals surface area contributed by atoms with Crippen molar-refractivity contribution < 1.29 is 9.47 Å². The SMILES string of the molecule is COCCN(Cc1ccnc(CN)c1)C(C)COC. The maximum Gasteiger partial charge on any atom is 0.0615 e. The van der Waals surface area contributed by atoms with Gasteiger partial charge >= 0.3 is 0 Å². The smallest absolute Gasteiger partial charge is 0.0615 e. The van der Waals surface area contributed by atoms with Crippen LogP contribution < -0.4 is 5.73 Å². The molecule has 0 aliphatic rings. The summed E-state index contributed by atoms with van der Waals surface area (Å²) < 4.78 is 10.4. The molecule has 5 nitrogen and oxygen atoms in total. The molecule has 0 saturated carbocycles. The standard InChI is InChI=1S/C14H25N3O2/c1-12(11-19-3)17(6-7-18-2)10-13-4-5-16-14(8-13)9-15/h4-5,8,12H,6-7,9-11,15H2,1-3H3. The molecular weight excluding hydrogens is 242 g/mol. The summed E-state index contributed by atoms with van der Waals surface area (Å²) in [7, 11) is 3.45. The molecule has 2 N–H and O–H groups in total. The number of hydrogen-bond donors (Lipinski definition) is 1. The zero-order valence-electron chi connectivity index (χ0n) is 12.1. The van der Waals surface area contributed by atoms with Crippen molar-refractivity contribution in [2.24, 2.45) is 5.73 Å². The number of hydrogen-bond acceptors (Lipinski definition) is 5. The van der Waals surface area contributed by atoms with Crippen molar-refractivity contribution in [2.75, 3.05) is 34.0 Å². The molecule has 1 atom stereocenters. The van der Waals surface area contributed by atoms with Gasteiger partial charge in [-0.15, -0.1) is 0 Å². The van der Waals surface area contributed by atoms with Crippen LogP contribution in [0.25, 0.3) is 0 Å². The van der Waals surface area contributed by atoms with E-state index in [0.717, 1.165) is 18.8 Å². The summed E-state index contributed by atoms with van der Waals surface area (Å²) in [6, 6.07) is 4.42. The van der Waals surface area contributed by atoms with Crippen LogP contribution in [0.5, 0.6) is 0 Å². The Hall–Kier alpha value is -1.01. The fraction of sp³-hybridized carbons (Fsp3) is 0.643. The van der Waals surface area contributed by atoms with Crippen molar-refractivity contribution >= 4 is 0 Å². The fourth-order valence-electron chi connectivity index (χ4n) is 1.98. The molecule has 0 aliphatic heterocycles. The number of nitrogens with zero attached hydrogens (tertiary/aromatic N) is 2. The second-order valence-corrected chi connectivity index (χ2v) is 4.63. The predicted octanol–water partition coefficient (Wildman–Crippen LogP) is 1.02. The highest BCUT2D eigenvalue weighted by atomic mass is 16.5. The second-order valence-electron chi connectivity index (χ2n) is 4.63. The number of nitrogens with two attached hydrogens (primary N) is 1. The van der Waals surface area contributed by atoms with Crippen LogP contribution in [0.1, 0.15) is 18.2 Å². The van der Waals surface area contributed by atoms with Gasteiger partial charge in [-0.2, -0.15) is 0 Å². The lowest BCUT2D eigenvalue weighted by molar-refractivity contribution is 0.0705. The van der Waals surface area contributed by atoms with E-state index in [9.17, 15) is 0 Å². The zero-order valence-corrected chi connectivity index (χ0v) is 12.1. The minimum atomic E-state index is 0.342. The summed E-state index contributed by atoms with van der Waals surface area (Å²) >= 11 is 0. The summed E-state index contributed by atoms with van der Waals surface area (Å²) in [5.41, 5.74) is 7.76. The maximum absolute atomic E-state index is 5.62. The van der Waals surface area contributed by atoms with E-state index < -0.39 is 0 Å². The van der Waals surface area contributed by atoms with Crippen molar-refractivity contribution in [1.82, 2.24) is 9.88 Å². The van der Waals surface area contributed by atoms with E-state index in [-0.39, 0.29) is 0 Å². The minimum absolute atomic E-state index is 0.342. The molecule has 1 rings (SSSR count). The first-order valence-corrected chi connectivity index (χ1v) is 6.57. The van der Waals surface area contributed by atoms with Crippen LogP contribution in [-0.4, -0.2) is 49.9 Å². The summed E-state index contributed by atoms with van der Waals surface area (Å²) in [5, 5.41) is 0. The molecule has 1 aromatic heterocycles. The van der Waals surface area contributed by atoms with Crippen molar-refractivity contribution in [3.8, 4) is 0 Å². The first-order valence-electron chi connectivity index (χ1n) is 6.57. The largest absolute Gasteiger partial charge is 0.383 e. The van der Waals surface area contributed by atoms with Crippen molar-refractivity contribution in [1.29, 1.82) is 0 Å². The lowest BCUT2D eigenvalue weighted by Crippen LogP contribution is -2.38. The molecule has 1 aromatic rings. The van der Waals surface area contributed by atoms with E-state index in [0.29, 0.717) is 25.8 Å². The van der Waals surface area contributed by atoms with E-state index in [4.69, 9.17) is 15.2 Å². The van der Waals surface area contributed by atoms with Crippen LogP contribution >= 0.6 is 0 Å². The van der Waals surface area contributed by atoms with Crippen LogP contribution in [0.15, 0.2) is 18.3 Å². The molecule has 0 aliphatic carbocycles. The Balaban J connectivity index is 2.68. The minimum Gasteiger partial charge on any atom is -0.383 e. The zero-order chi connectivity index (χ0) is 14.1. The Morgan fingerprint density at radius 2 is 2.16 bits per heavy atom.